The summed E-state index contributed by atoms with van der Waals surface area (Å²) < 4.78 is 39.1. The van der Waals surface area contributed by atoms with Crippen molar-refractivity contribution in [3.63, 3.8) is 0 Å². The Morgan fingerprint density at radius 2 is 1.66 bits per heavy atom. The first-order valence-electron chi connectivity index (χ1n) is 8.15. The zero-order valence-electron chi connectivity index (χ0n) is 14.9. The smallest absolute Gasteiger partial charge is 0.417 e. The van der Waals surface area contributed by atoms with E-state index in [4.69, 9.17) is 0 Å². The lowest BCUT2D eigenvalue weighted by Gasteiger charge is -2.09. The summed E-state index contributed by atoms with van der Waals surface area (Å²) in [4.78, 5) is 28.0. The van der Waals surface area contributed by atoms with Gasteiger partial charge < -0.3 is 5.11 Å². The normalized spacial score (nSPS) is 11.2. The Morgan fingerprint density at radius 3 is 2.24 bits per heavy atom. The molecule has 0 saturated carbocycles. The van der Waals surface area contributed by atoms with Gasteiger partial charge in [-0.1, -0.05) is 12.1 Å². The summed E-state index contributed by atoms with van der Waals surface area (Å²) in [5.74, 6) is -1.60. The number of phenols is 1. The van der Waals surface area contributed by atoms with Crippen LogP contribution in [0, 0.1) is 6.92 Å². The number of carbonyl (C=O) groups excluding carboxylic acids is 2. The molecule has 0 aliphatic rings. The fourth-order valence-electron chi connectivity index (χ4n) is 2.46. The molecule has 0 spiro atoms. The fraction of sp³-hybridized carbons (Fsp3) is 0.111. The van der Waals surface area contributed by atoms with Crippen LogP contribution in [0.3, 0.4) is 0 Å². The average molecular weight is 405 g/mol. The van der Waals surface area contributed by atoms with Crippen molar-refractivity contribution in [2.75, 3.05) is 0 Å². The molecule has 11 heteroatoms. The van der Waals surface area contributed by atoms with E-state index in [1.54, 1.807) is 6.07 Å². The van der Waals surface area contributed by atoms with Crippen molar-refractivity contribution >= 4 is 11.8 Å². The molecule has 3 N–H and O–H groups in total. The molecule has 0 aliphatic heterocycles. The molecule has 0 fully saturated rings. The molecule has 0 atom stereocenters. The Labute approximate surface area is 162 Å². The number of rotatable bonds is 3. The van der Waals surface area contributed by atoms with Crippen LogP contribution in [-0.4, -0.2) is 31.7 Å². The van der Waals surface area contributed by atoms with Gasteiger partial charge in [-0.05, 0) is 31.2 Å². The Bertz CT molecular complexity index is 1060. The Kier molecular flexibility index (Phi) is 5.22. The Balaban J connectivity index is 1.72. The van der Waals surface area contributed by atoms with Crippen LogP contribution >= 0.6 is 0 Å². The molecule has 0 unspecified atom stereocenters. The Morgan fingerprint density at radius 1 is 1.00 bits per heavy atom. The van der Waals surface area contributed by atoms with E-state index in [-0.39, 0.29) is 22.7 Å². The minimum Gasteiger partial charge on any atom is -0.507 e. The number of hydrogen-bond donors (Lipinski definition) is 3. The average Bonchev–Trinajstić information content (AvgIpc) is 3.07. The van der Waals surface area contributed by atoms with Gasteiger partial charge >= 0.3 is 6.18 Å². The van der Waals surface area contributed by atoms with Crippen LogP contribution in [0.1, 0.15) is 32.0 Å². The molecule has 150 valence electrons. The van der Waals surface area contributed by atoms with Crippen molar-refractivity contribution in [3.8, 4) is 11.6 Å². The van der Waals surface area contributed by atoms with Crippen molar-refractivity contribution in [1.29, 1.82) is 0 Å². The molecule has 0 radical (unpaired) electrons. The van der Waals surface area contributed by atoms with Gasteiger partial charge in [-0.25, -0.2) is 9.67 Å². The van der Waals surface area contributed by atoms with Crippen LogP contribution < -0.4 is 10.9 Å². The van der Waals surface area contributed by atoms with E-state index in [9.17, 15) is 27.9 Å². The number of hydrazine groups is 1. The second-order valence-electron chi connectivity index (χ2n) is 5.88. The molecule has 1 aromatic carbocycles. The molecule has 3 rings (SSSR count). The topological polar surface area (TPSA) is 109 Å². The van der Waals surface area contributed by atoms with Gasteiger partial charge in [-0.15, -0.1) is 0 Å². The number of hydrogen-bond acceptors (Lipinski definition) is 5. The van der Waals surface area contributed by atoms with E-state index in [0.29, 0.717) is 11.9 Å². The Hall–Kier alpha value is -3.89. The van der Waals surface area contributed by atoms with E-state index in [0.717, 1.165) is 12.1 Å². The van der Waals surface area contributed by atoms with Crippen LogP contribution in [-0.2, 0) is 6.18 Å². The third-order valence-corrected chi connectivity index (χ3v) is 3.98. The zero-order chi connectivity index (χ0) is 21.2. The number of halogens is 3. The molecule has 0 bridgehead atoms. The minimum atomic E-state index is -4.51. The molecule has 2 aromatic heterocycles. The molecular weight excluding hydrogens is 391 g/mol. The highest BCUT2D eigenvalue weighted by Gasteiger charge is 2.30. The molecule has 0 saturated heterocycles. The molecular formula is C18H14F3N5O3. The number of carbonyl (C=O) groups is 2. The van der Waals surface area contributed by atoms with E-state index in [1.165, 1.54) is 36.0 Å². The standard InChI is InChI=1S/C18H14F3N5O3/c1-10-13(17(29)25-24-16(28)12-4-2-3-5-14(12)27)9-23-26(10)15-7-6-11(8-22-15)18(19,20)21/h2-9,27H,1H3,(H,24,28)(H,25,29). The van der Waals surface area contributed by atoms with Crippen LogP contribution in [0.5, 0.6) is 5.75 Å². The van der Waals surface area contributed by atoms with Crippen LogP contribution in [0.15, 0.2) is 48.8 Å². The van der Waals surface area contributed by atoms with E-state index in [1.807, 2.05) is 0 Å². The van der Waals surface area contributed by atoms with Gasteiger partial charge in [0.05, 0.1) is 28.6 Å². The van der Waals surface area contributed by atoms with Gasteiger partial charge in [0.15, 0.2) is 5.82 Å². The predicted molar refractivity (Wildman–Crippen MR) is 94.1 cm³/mol. The van der Waals surface area contributed by atoms with Gasteiger partial charge in [0.1, 0.15) is 5.75 Å². The second-order valence-corrected chi connectivity index (χ2v) is 5.88. The number of benzene rings is 1. The number of nitrogens with zero attached hydrogens (tertiary/aromatic N) is 3. The lowest BCUT2D eigenvalue weighted by Crippen LogP contribution is -2.41. The van der Waals surface area contributed by atoms with Gasteiger partial charge in [0.25, 0.3) is 11.8 Å². The number of aromatic hydroxyl groups is 1. The van der Waals surface area contributed by atoms with Gasteiger partial charge in [-0.3, -0.25) is 20.4 Å². The third kappa shape index (κ3) is 4.18. The van der Waals surface area contributed by atoms with Crippen LogP contribution in [0.4, 0.5) is 13.2 Å². The number of para-hydroxylation sites is 1. The quantitative estimate of drug-likeness (QED) is 0.580. The number of aromatic nitrogens is 3. The highest BCUT2D eigenvalue weighted by atomic mass is 19.4. The number of amides is 2. The van der Waals surface area contributed by atoms with Crippen LogP contribution in [0.2, 0.25) is 0 Å². The van der Waals surface area contributed by atoms with Gasteiger partial charge in [0, 0.05) is 6.20 Å². The summed E-state index contributed by atoms with van der Waals surface area (Å²) in [5.41, 5.74) is 3.78. The summed E-state index contributed by atoms with van der Waals surface area (Å²) in [7, 11) is 0. The highest BCUT2D eigenvalue weighted by Crippen LogP contribution is 2.28. The molecule has 0 aliphatic carbocycles. The first-order valence-corrected chi connectivity index (χ1v) is 8.15. The largest absolute Gasteiger partial charge is 0.507 e. The molecule has 3 aromatic rings. The van der Waals surface area contributed by atoms with Crippen molar-refractivity contribution in [2.45, 2.75) is 13.1 Å². The summed E-state index contributed by atoms with van der Waals surface area (Å²) >= 11 is 0. The number of phenolic OH excluding ortho intramolecular Hbond substituents is 1. The summed E-state index contributed by atoms with van der Waals surface area (Å²) in [6.45, 7) is 1.52. The van der Waals surface area contributed by atoms with Crippen molar-refractivity contribution in [2.24, 2.45) is 0 Å². The number of nitrogens with one attached hydrogen (secondary N) is 2. The second kappa shape index (κ2) is 7.62. The minimum absolute atomic E-state index is 0.0332. The molecule has 29 heavy (non-hydrogen) atoms. The number of pyridine rings is 1. The third-order valence-electron chi connectivity index (χ3n) is 3.98. The van der Waals surface area contributed by atoms with E-state index < -0.39 is 23.6 Å². The van der Waals surface area contributed by atoms with Gasteiger partial charge in [-0.2, -0.15) is 18.3 Å². The monoisotopic (exact) mass is 405 g/mol. The fourth-order valence-corrected chi connectivity index (χ4v) is 2.46. The van der Waals surface area contributed by atoms with Crippen molar-refractivity contribution in [1.82, 2.24) is 25.6 Å². The van der Waals surface area contributed by atoms with Crippen molar-refractivity contribution < 1.29 is 27.9 Å². The lowest BCUT2D eigenvalue weighted by molar-refractivity contribution is -0.137. The number of alkyl halides is 3. The van der Waals surface area contributed by atoms with E-state index >= 15 is 0 Å². The van der Waals surface area contributed by atoms with Crippen LogP contribution in [0.25, 0.3) is 5.82 Å². The first-order chi connectivity index (χ1) is 13.7. The maximum absolute atomic E-state index is 12.6. The van der Waals surface area contributed by atoms with E-state index in [2.05, 4.69) is 20.9 Å². The zero-order valence-corrected chi connectivity index (χ0v) is 14.9. The summed E-state index contributed by atoms with van der Waals surface area (Å²) in [5, 5.41) is 13.6. The summed E-state index contributed by atoms with van der Waals surface area (Å²) in [6, 6.07) is 7.76. The molecule has 8 nitrogen and oxygen atoms in total. The van der Waals surface area contributed by atoms with Gasteiger partial charge in [0.2, 0.25) is 0 Å². The molecule has 2 amide bonds. The highest BCUT2D eigenvalue weighted by molar-refractivity contribution is 6.00. The summed E-state index contributed by atoms with van der Waals surface area (Å²) in [6.07, 6.45) is -2.65. The SMILES string of the molecule is Cc1c(C(=O)NNC(=O)c2ccccc2O)cnn1-c1ccc(C(F)(F)F)cn1. The predicted octanol–water partition coefficient (Wildman–Crippen LogP) is 2.37. The maximum atomic E-state index is 12.6. The van der Waals surface area contributed by atoms with Crippen molar-refractivity contribution in [3.05, 3.63) is 71.2 Å². The first kappa shape index (κ1) is 19.9. The lowest BCUT2D eigenvalue weighted by atomic mass is 10.2. The maximum Gasteiger partial charge on any atom is 0.417 e. The molecule has 2 heterocycles.